The van der Waals surface area contributed by atoms with Gasteiger partial charge in [-0.3, -0.25) is 14.5 Å². The van der Waals surface area contributed by atoms with Gasteiger partial charge in [0.25, 0.3) is 5.91 Å². The minimum atomic E-state index is -1.03. The molecule has 1 fully saturated rings. The van der Waals surface area contributed by atoms with Crippen LogP contribution in [-0.4, -0.2) is 46.1 Å². The van der Waals surface area contributed by atoms with Crippen molar-refractivity contribution in [3.63, 3.8) is 0 Å². The molecular formula is C22H25N3O3. The van der Waals surface area contributed by atoms with Crippen molar-refractivity contribution in [2.75, 3.05) is 19.6 Å². The summed E-state index contributed by atoms with van der Waals surface area (Å²) in [4.78, 5) is 26.7. The van der Waals surface area contributed by atoms with Gasteiger partial charge in [0.15, 0.2) is 0 Å². The molecule has 0 radical (unpaired) electrons. The average Bonchev–Trinajstić information content (AvgIpc) is 3.05. The fraction of sp³-hybridized carbons (Fsp3) is 0.455. The van der Waals surface area contributed by atoms with Gasteiger partial charge in [-0.1, -0.05) is 25.1 Å². The number of fused-ring (bicyclic) bond motifs is 3. The first kappa shape index (κ1) is 17.5. The second-order valence-electron chi connectivity index (χ2n) is 8.20. The maximum absolute atomic E-state index is 13.1. The predicted molar refractivity (Wildman–Crippen MR) is 107 cm³/mol. The normalized spacial score (nSPS) is 25.9. The lowest BCUT2D eigenvalue weighted by Gasteiger charge is -2.53. The summed E-state index contributed by atoms with van der Waals surface area (Å²) in [6, 6.07) is 8.56. The molecule has 2 aromatic rings. The highest BCUT2D eigenvalue weighted by Crippen LogP contribution is 2.56. The summed E-state index contributed by atoms with van der Waals surface area (Å²) in [5.74, 6) is -1.34. The quantitative estimate of drug-likeness (QED) is 0.857. The molecule has 0 bridgehead atoms. The molecule has 6 heteroatoms. The summed E-state index contributed by atoms with van der Waals surface area (Å²) in [6.45, 7) is 4.00. The van der Waals surface area contributed by atoms with Crippen LogP contribution >= 0.6 is 0 Å². The lowest BCUT2D eigenvalue weighted by atomic mass is 9.66. The zero-order valence-corrected chi connectivity index (χ0v) is 16.1. The van der Waals surface area contributed by atoms with E-state index in [9.17, 15) is 9.59 Å². The standard InChI is InChI=1S/C22H25N3O3/c1-2-22-9-5-10-24-11-8-15-14-6-3-4-7-16(14)25(19(15)20(22)24)17(12-22)21(28)23-13-18(26)27/h3-4,6-7,12,20H,2,5,8-11,13H2,1H3,(H,23,28)(H,26,27)/t20-,22+/m1/s1. The van der Waals surface area contributed by atoms with Gasteiger partial charge >= 0.3 is 5.97 Å². The van der Waals surface area contributed by atoms with E-state index in [0.717, 1.165) is 44.3 Å². The summed E-state index contributed by atoms with van der Waals surface area (Å²) in [5.41, 5.74) is 4.15. The fourth-order valence-corrected chi connectivity index (χ4v) is 5.69. The van der Waals surface area contributed by atoms with Crippen LogP contribution < -0.4 is 5.32 Å². The van der Waals surface area contributed by atoms with Crippen molar-refractivity contribution in [1.29, 1.82) is 0 Å². The zero-order valence-electron chi connectivity index (χ0n) is 16.1. The lowest BCUT2D eigenvalue weighted by molar-refractivity contribution is -0.137. The third-order valence-corrected chi connectivity index (χ3v) is 6.88. The summed E-state index contributed by atoms with van der Waals surface area (Å²) in [5, 5.41) is 12.8. The molecule has 5 rings (SSSR count). The molecule has 0 saturated carbocycles. The maximum atomic E-state index is 13.1. The zero-order chi connectivity index (χ0) is 19.5. The lowest BCUT2D eigenvalue weighted by Crippen LogP contribution is -2.51. The SMILES string of the molecule is CC[C@@]12C=C(C(=O)NCC(=O)O)n3c4c(c5ccccc53)CCN(CCC1)[C@H]42. The van der Waals surface area contributed by atoms with Gasteiger partial charge in [0.2, 0.25) is 0 Å². The van der Waals surface area contributed by atoms with Crippen molar-refractivity contribution in [1.82, 2.24) is 14.8 Å². The number of nitrogens with zero attached hydrogens (tertiary/aromatic N) is 2. The van der Waals surface area contributed by atoms with Gasteiger partial charge in [-0.05, 0) is 49.9 Å². The number of aromatic nitrogens is 1. The molecule has 3 aliphatic heterocycles. The molecule has 1 aromatic heterocycles. The summed E-state index contributed by atoms with van der Waals surface area (Å²) < 4.78 is 2.11. The van der Waals surface area contributed by atoms with Crippen LogP contribution in [0.3, 0.4) is 0 Å². The van der Waals surface area contributed by atoms with Crippen LogP contribution in [0.1, 0.15) is 43.5 Å². The first-order valence-electron chi connectivity index (χ1n) is 10.2. The maximum Gasteiger partial charge on any atom is 0.322 e. The summed E-state index contributed by atoms with van der Waals surface area (Å²) >= 11 is 0. The molecule has 2 atom stereocenters. The van der Waals surface area contributed by atoms with Gasteiger partial charge in [0.05, 0.1) is 11.6 Å². The van der Waals surface area contributed by atoms with Crippen LogP contribution in [0.4, 0.5) is 0 Å². The molecule has 1 saturated heterocycles. The number of carbonyl (C=O) groups is 2. The molecule has 28 heavy (non-hydrogen) atoms. The van der Waals surface area contributed by atoms with Crippen LogP contribution in [0.2, 0.25) is 0 Å². The summed E-state index contributed by atoms with van der Waals surface area (Å²) in [6.07, 6.45) is 6.28. The van der Waals surface area contributed by atoms with Crippen molar-refractivity contribution in [2.45, 2.75) is 38.6 Å². The Bertz CT molecular complexity index is 1020. The fourth-order valence-electron chi connectivity index (χ4n) is 5.69. The third-order valence-electron chi connectivity index (χ3n) is 6.88. The van der Waals surface area contributed by atoms with E-state index >= 15 is 0 Å². The molecule has 146 valence electrons. The number of para-hydroxylation sites is 1. The van der Waals surface area contributed by atoms with E-state index in [4.69, 9.17) is 5.11 Å². The number of amides is 1. The average molecular weight is 379 g/mol. The van der Waals surface area contributed by atoms with Gasteiger partial charge in [0.1, 0.15) is 12.2 Å². The van der Waals surface area contributed by atoms with E-state index in [0.29, 0.717) is 11.7 Å². The predicted octanol–water partition coefficient (Wildman–Crippen LogP) is 2.79. The van der Waals surface area contributed by atoms with Crippen molar-refractivity contribution in [3.05, 3.63) is 41.6 Å². The highest BCUT2D eigenvalue weighted by molar-refractivity contribution is 6.17. The largest absolute Gasteiger partial charge is 0.480 e. The van der Waals surface area contributed by atoms with Crippen LogP contribution in [-0.2, 0) is 16.0 Å². The smallest absolute Gasteiger partial charge is 0.322 e. The Morgan fingerprint density at radius 2 is 2.11 bits per heavy atom. The number of carboxylic acids is 1. The van der Waals surface area contributed by atoms with Gasteiger partial charge in [-0.25, -0.2) is 0 Å². The van der Waals surface area contributed by atoms with E-state index in [1.165, 1.54) is 16.6 Å². The van der Waals surface area contributed by atoms with Crippen LogP contribution in [0.5, 0.6) is 0 Å². The number of nitrogens with one attached hydrogen (secondary N) is 1. The second kappa shape index (κ2) is 6.21. The number of rotatable bonds is 4. The molecule has 1 aromatic carbocycles. The van der Waals surface area contributed by atoms with Crippen molar-refractivity contribution in [3.8, 4) is 0 Å². The number of carbonyl (C=O) groups excluding carboxylic acids is 1. The number of hydrogen-bond acceptors (Lipinski definition) is 3. The van der Waals surface area contributed by atoms with E-state index in [1.807, 2.05) is 6.07 Å². The van der Waals surface area contributed by atoms with Gasteiger partial charge in [-0.2, -0.15) is 0 Å². The van der Waals surface area contributed by atoms with Gasteiger partial charge in [0, 0.05) is 23.0 Å². The van der Waals surface area contributed by atoms with E-state index in [2.05, 4.69) is 46.0 Å². The van der Waals surface area contributed by atoms with Crippen LogP contribution in [0.15, 0.2) is 30.3 Å². The highest BCUT2D eigenvalue weighted by Gasteiger charge is 2.50. The highest BCUT2D eigenvalue weighted by atomic mass is 16.4. The number of benzene rings is 1. The Hall–Kier alpha value is -2.60. The molecule has 0 spiro atoms. The Labute approximate surface area is 163 Å². The summed E-state index contributed by atoms with van der Waals surface area (Å²) in [7, 11) is 0. The third kappa shape index (κ3) is 2.30. The minimum Gasteiger partial charge on any atom is -0.480 e. The Morgan fingerprint density at radius 1 is 1.29 bits per heavy atom. The molecule has 0 unspecified atom stereocenters. The molecular weight excluding hydrogens is 354 g/mol. The molecule has 4 heterocycles. The van der Waals surface area contributed by atoms with Crippen LogP contribution in [0, 0.1) is 5.41 Å². The Balaban J connectivity index is 1.76. The van der Waals surface area contributed by atoms with Gasteiger partial charge < -0.3 is 15.0 Å². The van der Waals surface area contributed by atoms with Crippen molar-refractivity contribution >= 4 is 28.5 Å². The minimum absolute atomic E-state index is 0.0757. The molecule has 0 aliphatic carbocycles. The number of carboxylic acid groups (broad SMARTS) is 1. The number of piperidine rings is 1. The monoisotopic (exact) mass is 379 g/mol. The van der Waals surface area contributed by atoms with Crippen molar-refractivity contribution < 1.29 is 14.7 Å². The Morgan fingerprint density at radius 3 is 2.89 bits per heavy atom. The van der Waals surface area contributed by atoms with Crippen molar-refractivity contribution in [2.24, 2.45) is 5.41 Å². The molecule has 2 N–H and O–H groups in total. The Kier molecular flexibility index (Phi) is 3.88. The molecule has 3 aliphatic rings. The van der Waals surface area contributed by atoms with E-state index < -0.39 is 5.97 Å². The van der Waals surface area contributed by atoms with Gasteiger partial charge in [-0.15, -0.1) is 0 Å². The van der Waals surface area contributed by atoms with E-state index in [1.54, 1.807) is 0 Å². The molecule has 1 amide bonds. The number of hydrogen-bond donors (Lipinski definition) is 2. The van der Waals surface area contributed by atoms with Crippen LogP contribution in [0.25, 0.3) is 16.6 Å². The number of aliphatic carboxylic acids is 1. The first-order valence-corrected chi connectivity index (χ1v) is 10.2. The molecule has 6 nitrogen and oxygen atoms in total. The van der Waals surface area contributed by atoms with E-state index in [-0.39, 0.29) is 17.9 Å². The second-order valence-corrected chi connectivity index (χ2v) is 8.20. The topological polar surface area (TPSA) is 74.6 Å². The first-order chi connectivity index (χ1) is 13.6.